The molecule has 0 saturated heterocycles. The average molecular weight is 302 g/mol. The Bertz CT molecular complexity index is 742. The molecule has 2 aromatic rings. The molecule has 0 spiro atoms. The predicted molar refractivity (Wildman–Crippen MR) is 82.0 cm³/mol. The molecule has 1 aliphatic carbocycles. The van der Waals surface area contributed by atoms with Gasteiger partial charge in [-0.3, -0.25) is 4.79 Å². The average Bonchev–Trinajstić information content (AvgIpc) is 3.30. The van der Waals surface area contributed by atoms with Gasteiger partial charge in [0.05, 0.1) is 22.5 Å². The molecule has 1 saturated carbocycles. The number of aromatic nitrogens is 2. The van der Waals surface area contributed by atoms with Gasteiger partial charge >= 0.3 is 0 Å². The van der Waals surface area contributed by atoms with Gasteiger partial charge in [-0.15, -0.1) is 0 Å². The lowest BCUT2D eigenvalue weighted by Gasteiger charge is -2.16. The van der Waals surface area contributed by atoms with E-state index in [1.165, 1.54) is 12.1 Å². The molecule has 1 amide bonds. The Morgan fingerprint density at radius 3 is 2.68 bits per heavy atom. The number of halogens is 1. The second-order valence-electron chi connectivity index (χ2n) is 5.87. The maximum absolute atomic E-state index is 13.8. The molecular weight excluding hydrogens is 283 g/mol. The topological polar surface area (TPSA) is 80.9 Å². The van der Waals surface area contributed by atoms with Crippen molar-refractivity contribution in [3.8, 4) is 0 Å². The zero-order valence-corrected chi connectivity index (χ0v) is 12.7. The Balaban J connectivity index is 2.01. The van der Waals surface area contributed by atoms with E-state index in [9.17, 15) is 9.18 Å². The Morgan fingerprint density at radius 1 is 1.36 bits per heavy atom. The summed E-state index contributed by atoms with van der Waals surface area (Å²) in [4.78, 5) is 21.2. The third-order valence-corrected chi connectivity index (χ3v) is 4.15. The SMILES string of the molecule is Cc1nc2cc(F)cc(C(=O)NC(CN)C3CC3)c2nc1C. The number of nitrogens with zero attached hydrogens (tertiary/aromatic N) is 2. The second kappa shape index (κ2) is 5.61. The number of aryl methyl sites for hydroxylation is 2. The lowest BCUT2D eigenvalue weighted by atomic mass is 10.1. The highest BCUT2D eigenvalue weighted by Crippen LogP contribution is 2.32. The normalized spacial score (nSPS) is 15.8. The molecule has 1 aromatic carbocycles. The molecule has 1 atom stereocenters. The van der Waals surface area contributed by atoms with E-state index in [1.54, 1.807) is 0 Å². The maximum Gasteiger partial charge on any atom is 0.253 e. The minimum atomic E-state index is -0.495. The molecule has 3 rings (SSSR count). The van der Waals surface area contributed by atoms with Crippen molar-refractivity contribution in [2.75, 3.05) is 6.54 Å². The van der Waals surface area contributed by atoms with E-state index < -0.39 is 5.82 Å². The number of hydrogen-bond acceptors (Lipinski definition) is 4. The number of nitrogens with one attached hydrogen (secondary N) is 1. The summed E-state index contributed by atoms with van der Waals surface area (Å²) in [7, 11) is 0. The first-order valence-corrected chi connectivity index (χ1v) is 7.45. The predicted octanol–water partition coefficient (Wildman–Crippen LogP) is 1.85. The lowest BCUT2D eigenvalue weighted by Crippen LogP contribution is -2.41. The fraction of sp³-hybridized carbons (Fsp3) is 0.438. The van der Waals surface area contributed by atoms with Crippen molar-refractivity contribution in [3.63, 3.8) is 0 Å². The molecule has 0 bridgehead atoms. The zero-order chi connectivity index (χ0) is 15.9. The summed E-state index contributed by atoms with van der Waals surface area (Å²) < 4.78 is 13.8. The Morgan fingerprint density at radius 2 is 2.05 bits per heavy atom. The summed E-state index contributed by atoms with van der Waals surface area (Å²) in [5.41, 5.74) is 8.19. The molecule has 6 heteroatoms. The van der Waals surface area contributed by atoms with Crippen LogP contribution in [0.4, 0.5) is 4.39 Å². The Hall–Kier alpha value is -2.08. The van der Waals surface area contributed by atoms with Gasteiger partial charge < -0.3 is 11.1 Å². The van der Waals surface area contributed by atoms with Gasteiger partial charge in [-0.1, -0.05) is 0 Å². The third-order valence-electron chi connectivity index (χ3n) is 4.15. The van der Waals surface area contributed by atoms with Crippen molar-refractivity contribution < 1.29 is 9.18 Å². The number of benzene rings is 1. The zero-order valence-electron chi connectivity index (χ0n) is 12.7. The molecule has 116 valence electrons. The molecule has 22 heavy (non-hydrogen) atoms. The van der Waals surface area contributed by atoms with Crippen LogP contribution in [0, 0.1) is 25.6 Å². The largest absolute Gasteiger partial charge is 0.348 e. The van der Waals surface area contributed by atoms with Crippen LogP contribution in [0.1, 0.15) is 34.6 Å². The number of amides is 1. The Labute approximate surface area is 128 Å². The summed E-state index contributed by atoms with van der Waals surface area (Å²) in [5.74, 6) is -0.404. The Kier molecular flexibility index (Phi) is 3.78. The monoisotopic (exact) mass is 302 g/mol. The van der Waals surface area contributed by atoms with Crippen LogP contribution < -0.4 is 11.1 Å². The summed E-state index contributed by atoms with van der Waals surface area (Å²) in [6, 6.07) is 2.44. The van der Waals surface area contributed by atoms with Crippen molar-refractivity contribution in [1.29, 1.82) is 0 Å². The minimum Gasteiger partial charge on any atom is -0.348 e. The third kappa shape index (κ3) is 2.78. The smallest absolute Gasteiger partial charge is 0.253 e. The van der Waals surface area contributed by atoms with Crippen molar-refractivity contribution >= 4 is 16.9 Å². The summed E-state index contributed by atoms with van der Waals surface area (Å²) >= 11 is 0. The molecule has 1 aromatic heterocycles. The highest BCUT2D eigenvalue weighted by molar-refractivity contribution is 6.04. The summed E-state index contributed by atoms with van der Waals surface area (Å²) in [6.07, 6.45) is 2.15. The van der Waals surface area contributed by atoms with Gasteiger partial charge in [0.25, 0.3) is 5.91 Å². The van der Waals surface area contributed by atoms with Crippen molar-refractivity contribution in [2.45, 2.75) is 32.7 Å². The van der Waals surface area contributed by atoms with Gasteiger partial charge in [-0.05, 0) is 38.7 Å². The van der Waals surface area contributed by atoms with Crippen LogP contribution in [0.5, 0.6) is 0 Å². The number of hydrogen-bond donors (Lipinski definition) is 2. The molecular formula is C16H19FN4O. The van der Waals surface area contributed by atoms with Crippen LogP contribution in [-0.4, -0.2) is 28.5 Å². The minimum absolute atomic E-state index is 0.0645. The first-order chi connectivity index (χ1) is 10.5. The molecule has 1 aliphatic rings. The second-order valence-corrected chi connectivity index (χ2v) is 5.87. The van der Waals surface area contributed by atoms with Crippen LogP contribution in [0.15, 0.2) is 12.1 Å². The standard InChI is InChI=1S/C16H19FN4O/c1-8-9(2)20-15-12(5-11(17)6-13(15)19-8)16(22)21-14(7-18)10-3-4-10/h5-6,10,14H,3-4,7,18H2,1-2H3,(H,21,22). The van der Waals surface area contributed by atoms with Crippen LogP contribution >= 0.6 is 0 Å². The van der Waals surface area contributed by atoms with E-state index >= 15 is 0 Å². The van der Waals surface area contributed by atoms with Crippen molar-refractivity contribution in [1.82, 2.24) is 15.3 Å². The van der Waals surface area contributed by atoms with Gasteiger partial charge in [-0.2, -0.15) is 0 Å². The van der Waals surface area contributed by atoms with Crippen LogP contribution in [0.3, 0.4) is 0 Å². The molecule has 3 N–H and O–H groups in total. The van der Waals surface area contributed by atoms with Gasteiger partial charge in [0.1, 0.15) is 11.3 Å². The fourth-order valence-electron chi connectivity index (χ4n) is 2.58. The number of fused-ring (bicyclic) bond motifs is 1. The number of carbonyl (C=O) groups is 1. The fourth-order valence-corrected chi connectivity index (χ4v) is 2.58. The number of carbonyl (C=O) groups excluding carboxylic acids is 1. The van der Waals surface area contributed by atoms with Crippen LogP contribution in [-0.2, 0) is 0 Å². The highest BCUT2D eigenvalue weighted by atomic mass is 19.1. The van der Waals surface area contributed by atoms with Crippen LogP contribution in [0.25, 0.3) is 11.0 Å². The first kappa shape index (κ1) is 14.8. The molecule has 1 fully saturated rings. The molecule has 5 nitrogen and oxygen atoms in total. The van der Waals surface area contributed by atoms with Gasteiger partial charge in [0.2, 0.25) is 0 Å². The van der Waals surface area contributed by atoms with Gasteiger partial charge in [-0.25, -0.2) is 14.4 Å². The van der Waals surface area contributed by atoms with Crippen molar-refractivity contribution in [3.05, 3.63) is 34.9 Å². The highest BCUT2D eigenvalue weighted by Gasteiger charge is 2.31. The molecule has 0 radical (unpaired) electrons. The van der Waals surface area contributed by atoms with Gasteiger partial charge in [0, 0.05) is 18.7 Å². The number of rotatable bonds is 4. The van der Waals surface area contributed by atoms with E-state index in [2.05, 4.69) is 15.3 Å². The molecule has 0 aliphatic heterocycles. The molecule has 1 heterocycles. The quantitative estimate of drug-likeness (QED) is 0.903. The van der Waals surface area contributed by atoms with E-state index in [-0.39, 0.29) is 17.5 Å². The van der Waals surface area contributed by atoms with Crippen LogP contribution in [0.2, 0.25) is 0 Å². The summed E-state index contributed by atoms with van der Waals surface area (Å²) in [6.45, 7) is 4.01. The van der Waals surface area contributed by atoms with Crippen molar-refractivity contribution in [2.24, 2.45) is 11.7 Å². The van der Waals surface area contributed by atoms with E-state index in [1.807, 2.05) is 13.8 Å². The van der Waals surface area contributed by atoms with E-state index in [0.29, 0.717) is 23.5 Å². The molecule has 1 unspecified atom stereocenters. The maximum atomic E-state index is 13.8. The first-order valence-electron chi connectivity index (χ1n) is 7.45. The summed E-state index contributed by atoms with van der Waals surface area (Å²) in [5, 5.41) is 2.90. The van der Waals surface area contributed by atoms with E-state index in [0.717, 1.165) is 24.2 Å². The van der Waals surface area contributed by atoms with E-state index in [4.69, 9.17) is 5.73 Å². The van der Waals surface area contributed by atoms with Gasteiger partial charge in [0.15, 0.2) is 0 Å². The number of nitrogens with two attached hydrogens (primary N) is 1. The lowest BCUT2D eigenvalue weighted by molar-refractivity contribution is 0.0934.